The largest absolute Gasteiger partial charge is 1.00 e. The zero-order chi connectivity index (χ0) is 23.4. The van der Waals surface area contributed by atoms with Crippen molar-refractivity contribution in [1.82, 2.24) is 4.57 Å². The van der Waals surface area contributed by atoms with Crippen molar-refractivity contribution >= 4 is 5.97 Å². The molecule has 1 aromatic heterocycles. The summed E-state index contributed by atoms with van der Waals surface area (Å²) < 4.78 is 15.4. The third-order valence-corrected chi connectivity index (χ3v) is 5.81. The normalized spacial score (nSPS) is 11.7. The third-order valence-electron chi connectivity index (χ3n) is 5.81. The molecular formula is C27H49IN2O3. The number of ether oxygens (including phenoxy) is 2. The SMILES string of the molecule is C=C(C)C(=O)OC(COCCCCCCCCCCCCCCCC)Cn1cc[n+](C)c1.[I-]. The van der Waals surface area contributed by atoms with Crippen LogP contribution in [0.25, 0.3) is 0 Å². The minimum absolute atomic E-state index is 0. The zero-order valence-electron chi connectivity index (χ0n) is 21.5. The standard InChI is InChI=1S/C27H49N2O3.HI/c1-5-6-7-8-9-10-11-12-13-14-15-16-17-18-21-31-23-26(32-27(30)25(2)3)22-29-20-19-28(4)24-29;/h19-20,24,26H,2,5-18,21-23H2,1,3-4H3;1H/q+1;/p-1. The van der Waals surface area contributed by atoms with Crippen molar-refractivity contribution in [2.45, 2.75) is 116 Å². The van der Waals surface area contributed by atoms with Crippen molar-refractivity contribution in [2.24, 2.45) is 7.05 Å². The fraction of sp³-hybridized carbons (Fsp3) is 0.778. The van der Waals surface area contributed by atoms with Crippen molar-refractivity contribution in [3.8, 4) is 0 Å². The number of unbranched alkanes of at least 4 members (excludes halogenated alkanes) is 13. The van der Waals surface area contributed by atoms with Crippen LogP contribution in [0.3, 0.4) is 0 Å². The van der Waals surface area contributed by atoms with Crippen LogP contribution in [0, 0.1) is 0 Å². The molecule has 33 heavy (non-hydrogen) atoms. The lowest BCUT2D eigenvalue weighted by molar-refractivity contribution is -0.671. The monoisotopic (exact) mass is 576 g/mol. The van der Waals surface area contributed by atoms with E-state index in [4.69, 9.17) is 9.47 Å². The van der Waals surface area contributed by atoms with E-state index in [0.717, 1.165) is 13.0 Å². The average molecular weight is 577 g/mol. The molecule has 0 amide bonds. The number of hydrogen-bond donors (Lipinski definition) is 0. The van der Waals surface area contributed by atoms with Gasteiger partial charge in [0.2, 0.25) is 6.33 Å². The number of aromatic nitrogens is 2. The van der Waals surface area contributed by atoms with Crippen LogP contribution in [0.4, 0.5) is 0 Å². The molecule has 0 aromatic carbocycles. The summed E-state index contributed by atoms with van der Waals surface area (Å²) in [5, 5.41) is 0. The summed E-state index contributed by atoms with van der Waals surface area (Å²) in [6.45, 7) is 9.34. The first kappa shape index (κ1) is 32.1. The summed E-state index contributed by atoms with van der Waals surface area (Å²) >= 11 is 0. The first-order chi connectivity index (χ1) is 15.5. The third kappa shape index (κ3) is 18.2. The highest BCUT2D eigenvalue weighted by Gasteiger charge is 2.18. The van der Waals surface area contributed by atoms with Gasteiger partial charge in [-0.2, -0.15) is 0 Å². The molecule has 0 saturated heterocycles. The lowest BCUT2D eigenvalue weighted by atomic mass is 10.0. The molecule has 0 bridgehead atoms. The average Bonchev–Trinajstić information content (AvgIpc) is 3.17. The molecule has 0 radical (unpaired) electrons. The second-order valence-corrected chi connectivity index (χ2v) is 9.25. The summed E-state index contributed by atoms with van der Waals surface area (Å²) in [5.41, 5.74) is 0.417. The summed E-state index contributed by atoms with van der Waals surface area (Å²) in [5.74, 6) is -0.355. The molecule has 0 fully saturated rings. The van der Waals surface area contributed by atoms with E-state index in [2.05, 4.69) is 13.5 Å². The Bertz CT molecular complexity index is 618. The Morgan fingerprint density at radius 2 is 1.45 bits per heavy atom. The van der Waals surface area contributed by atoms with Gasteiger partial charge in [0.25, 0.3) is 0 Å². The van der Waals surface area contributed by atoms with Crippen LogP contribution in [0.1, 0.15) is 104 Å². The molecular weight excluding hydrogens is 527 g/mol. The summed E-state index contributed by atoms with van der Waals surface area (Å²) in [6.07, 6.45) is 24.5. The van der Waals surface area contributed by atoms with Gasteiger partial charge in [0.05, 0.1) is 13.7 Å². The maximum Gasteiger partial charge on any atom is 0.333 e. The summed E-state index contributed by atoms with van der Waals surface area (Å²) in [4.78, 5) is 11.9. The van der Waals surface area contributed by atoms with Crippen LogP contribution in [-0.2, 0) is 27.9 Å². The molecule has 0 spiro atoms. The van der Waals surface area contributed by atoms with Gasteiger partial charge in [0.15, 0.2) is 6.10 Å². The zero-order valence-corrected chi connectivity index (χ0v) is 23.7. The van der Waals surface area contributed by atoms with Crippen LogP contribution < -0.4 is 28.5 Å². The number of esters is 1. The molecule has 6 heteroatoms. The van der Waals surface area contributed by atoms with Gasteiger partial charge < -0.3 is 33.5 Å². The minimum Gasteiger partial charge on any atom is -1.00 e. The molecule has 1 aromatic rings. The van der Waals surface area contributed by atoms with Gasteiger partial charge in [-0.05, 0) is 13.3 Å². The lowest BCUT2D eigenvalue weighted by Gasteiger charge is -2.16. The highest BCUT2D eigenvalue weighted by atomic mass is 127. The van der Waals surface area contributed by atoms with E-state index in [1.54, 1.807) is 6.92 Å². The number of imidazole rings is 1. The quantitative estimate of drug-likeness (QED) is 0.0742. The Morgan fingerprint density at radius 1 is 0.939 bits per heavy atom. The van der Waals surface area contributed by atoms with Crippen molar-refractivity contribution in [1.29, 1.82) is 0 Å². The number of nitrogens with zero attached hydrogens (tertiary/aromatic N) is 2. The van der Waals surface area contributed by atoms with Crippen molar-refractivity contribution < 1.29 is 42.8 Å². The molecule has 1 heterocycles. The van der Waals surface area contributed by atoms with Gasteiger partial charge >= 0.3 is 5.97 Å². The van der Waals surface area contributed by atoms with Crippen LogP contribution in [0.5, 0.6) is 0 Å². The molecule has 5 nitrogen and oxygen atoms in total. The van der Waals surface area contributed by atoms with Gasteiger partial charge in [-0.25, -0.2) is 13.9 Å². The van der Waals surface area contributed by atoms with E-state index >= 15 is 0 Å². The van der Waals surface area contributed by atoms with Crippen molar-refractivity contribution in [3.63, 3.8) is 0 Å². The molecule has 0 aliphatic heterocycles. The smallest absolute Gasteiger partial charge is 0.333 e. The second kappa shape index (κ2) is 21.6. The van der Waals surface area contributed by atoms with Crippen molar-refractivity contribution in [3.05, 3.63) is 30.9 Å². The first-order valence-electron chi connectivity index (χ1n) is 13.0. The Labute approximate surface area is 220 Å². The molecule has 1 atom stereocenters. The molecule has 0 saturated carbocycles. The predicted octanol–water partition coefficient (Wildman–Crippen LogP) is 3.30. The van der Waals surface area contributed by atoms with E-state index in [0.29, 0.717) is 18.7 Å². The maximum absolute atomic E-state index is 11.9. The first-order valence-corrected chi connectivity index (χ1v) is 13.0. The van der Waals surface area contributed by atoms with Gasteiger partial charge in [-0.1, -0.05) is 97.0 Å². The van der Waals surface area contributed by atoms with E-state index in [1.807, 2.05) is 34.9 Å². The van der Waals surface area contributed by atoms with Crippen LogP contribution in [0.2, 0.25) is 0 Å². The second-order valence-electron chi connectivity index (χ2n) is 9.25. The number of halogens is 1. The Kier molecular flexibility index (Phi) is 21.0. The fourth-order valence-electron chi connectivity index (χ4n) is 3.83. The van der Waals surface area contributed by atoms with E-state index in [1.165, 1.54) is 83.5 Å². The molecule has 0 N–H and O–H groups in total. The highest BCUT2D eigenvalue weighted by molar-refractivity contribution is 5.87. The van der Waals surface area contributed by atoms with E-state index in [9.17, 15) is 4.79 Å². The van der Waals surface area contributed by atoms with Crippen LogP contribution in [0.15, 0.2) is 30.9 Å². The maximum atomic E-state index is 11.9. The van der Waals surface area contributed by atoms with Gasteiger partial charge in [-0.3, -0.25) is 0 Å². The predicted molar refractivity (Wildman–Crippen MR) is 131 cm³/mol. The molecule has 0 aliphatic rings. The lowest BCUT2D eigenvalue weighted by Crippen LogP contribution is -3.00. The molecule has 1 rings (SSSR count). The van der Waals surface area contributed by atoms with Crippen LogP contribution in [-0.4, -0.2) is 29.9 Å². The van der Waals surface area contributed by atoms with Gasteiger partial charge in [-0.15, -0.1) is 0 Å². The Balaban J connectivity index is 0.0000102. The number of aryl methyl sites for hydroxylation is 1. The van der Waals surface area contributed by atoms with E-state index < -0.39 is 0 Å². The topological polar surface area (TPSA) is 44.3 Å². The minimum atomic E-state index is -0.355. The number of carbonyl (C=O) groups excluding carboxylic acids is 1. The fourth-order valence-corrected chi connectivity index (χ4v) is 3.83. The Morgan fingerprint density at radius 3 is 1.91 bits per heavy atom. The van der Waals surface area contributed by atoms with E-state index in [-0.39, 0.29) is 36.0 Å². The Hall–Kier alpha value is -0.890. The highest BCUT2D eigenvalue weighted by Crippen LogP contribution is 2.13. The number of hydrogen-bond acceptors (Lipinski definition) is 3. The number of carbonyl (C=O) groups is 1. The number of rotatable bonds is 21. The van der Waals surface area contributed by atoms with Crippen molar-refractivity contribution in [2.75, 3.05) is 13.2 Å². The summed E-state index contributed by atoms with van der Waals surface area (Å²) in [6, 6.07) is 0. The van der Waals surface area contributed by atoms with Gasteiger partial charge in [0.1, 0.15) is 18.9 Å². The van der Waals surface area contributed by atoms with Crippen LogP contribution >= 0.6 is 0 Å². The molecule has 1 unspecified atom stereocenters. The molecule has 0 aliphatic carbocycles. The molecule has 192 valence electrons. The summed E-state index contributed by atoms with van der Waals surface area (Å²) in [7, 11) is 1.97. The van der Waals surface area contributed by atoms with Gasteiger partial charge in [0, 0.05) is 12.2 Å².